The van der Waals surface area contributed by atoms with Crippen molar-refractivity contribution in [1.29, 1.82) is 0 Å². The highest BCUT2D eigenvalue weighted by molar-refractivity contribution is 5.99. The second-order valence-electron chi connectivity index (χ2n) is 13.4. The van der Waals surface area contributed by atoms with Gasteiger partial charge in [-0.3, -0.25) is 0 Å². The maximum atomic E-state index is 2.43. The molecule has 0 aliphatic heterocycles. The Hall–Kier alpha value is -5.92. The summed E-state index contributed by atoms with van der Waals surface area (Å²) in [5, 5.41) is 4.98. The fourth-order valence-corrected chi connectivity index (χ4v) is 7.79. The predicted octanol–water partition coefficient (Wildman–Crippen LogP) is 13.1. The fraction of sp³-hybridized carbons (Fsp3) is 0.0638. The van der Waals surface area contributed by atoms with Gasteiger partial charge in [-0.2, -0.15) is 0 Å². The van der Waals surface area contributed by atoms with Crippen molar-refractivity contribution in [3.05, 3.63) is 187 Å². The van der Waals surface area contributed by atoms with E-state index in [1.54, 1.807) is 0 Å². The van der Waals surface area contributed by atoms with Gasteiger partial charge in [0, 0.05) is 22.4 Å². The average molecular weight is 614 g/mol. The van der Waals surface area contributed by atoms with Crippen LogP contribution in [0.5, 0.6) is 0 Å². The second-order valence-corrected chi connectivity index (χ2v) is 13.4. The third kappa shape index (κ3) is 4.54. The lowest BCUT2D eigenvalue weighted by molar-refractivity contribution is 0.660. The van der Waals surface area contributed by atoms with Gasteiger partial charge in [-0.1, -0.05) is 153 Å². The van der Waals surface area contributed by atoms with E-state index in [1.807, 2.05) is 0 Å². The van der Waals surface area contributed by atoms with Crippen LogP contribution in [0.3, 0.4) is 0 Å². The van der Waals surface area contributed by atoms with Crippen LogP contribution in [-0.2, 0) is 5.41 Å². The van der Waals surface area contributed by atoms with Crippen molar-refractivity contribution in [2.75, 3.05) is 4.90 Å². The Balaban J connectivity index is 1.23. The Bertz CT molecular complexity index is 2480. The molecule has 48 heavy (non-hydrogen) atoms. The van der Waals surface area contributed by atoms with Gasteiger partial charge >= 0.3 is 0 Å². The first kappa shape index (κ1) is 28.3. The van der Waals surface area contributed by atoms with Crippen molar-refractivity contribution >= 4 is 38.6 Å². The molecule has 0 fully saturated rings. The molecule has 0 atom stereocenters. The molecule has 228 valence electrons. The Morgan fingerprint density at radius 2 is 0.917 bits per heavy atom. The van der Waals surface area contributed by atoms with Crippen LogP contribution in [0.15, 0.2) is 176 Å². The maximum Gasteiger partial charge on any atom is 0.0540 e. The van der Waals surface area contributed by atoms with Crippen molar-refractivity contribution in [3.63, 3.8) is 0 Å². The normalized spacial score (nSPS) is 13.0. The van der Waals surface area contributed by atoms with Crippen LogP contribution in [0.25, 0.3) is 54.9 Å². The van der Waals surface area contributed by atoms with Crippen LogP contribution < -0.4 is 4.90 Å². The molecule has 0 saturated heterocycles. The number of rotatable bonds is 5. The summed E-state index contributed by atoms with van der Waals surface area (Å²) in [6, 6.07) is 64.4. The fourth-order valence-electron chi connectivity index (χ4n) is 7.79. The molecule has 1 aliphatic rings. The average Bonchev–Trinajstić information content (AvgIpc) is 3.38. The number of benzene rings is 8. The van der Waals surface area contributed by atoms with Gasteiger partial charge in [0.1, 0.15) is 0 Å². The molecule has 0 radical (unpaired) electrons. The number of para-hydroxylation sites is 1. The van der Waals surface area contributed by atoms with Gasteiger partial charge in [0.2, 0.25) is 0 Å². The molecule has 1 nitrogen and oxygen atoms in total. The van der Waals surface area contributed by atoms with Gasteiger partial charge in [0.25, 0.3) is 0 Å². The van der Waals surface area contributed by atoms with Gasteiger partial charge < -0.3 is 4.90 Å². The molecule has 8 aromatic rings. The Labute approximate surface area is 282 Å². The van der Waals surface area contributed by atoms with E-state index in [0.717, 1.165) is 17.1 Å². The zero-order chi connectivity index (χ0) is 32.2. The molecule has 0 bridgehead atoms. The summed E-state index contributed by atoms with van der Waals surface area (Å²) >= 11 is 0. The minimum Gasteiger partial charge on any atom is -0.310 e. The van der Waals surface area contributed by atoms with Crippen LogP contribution in [0.4, 0.5) is 17.1 Å². The predicted molar refractivity (Wildman–Crippen MR) is 205 cm³/mol. The molecular formula is C47H35N. The van der Waals surface area contributed by atoms with Gasteiger partial charge in [-0.05, 0) is 96.9 Å². The smallest absolute Gasteiger partial charge is 0.0540 e. The number of hydrogen-bond acceptors (Lipinski definition) is 1. The van der Waals surface area contributed by atoms with Crippen molar-refractivity contribution in [2.24, 2.45) is 0 Å². The van der Waals surface area contributed by atoms with Crippen molar-refractivity contribution in [1.82, 2.24) is 0 Å². The Morgan fingerprint density at radius 1 is 0.375 bits per heavy atom. The molecule has 0 spiro atoms. The topological polar surface area (TPSA) is 3.24 Å². The molecule has 0 aromatic heterocycles. The van der Waals surface area contributed by atoms with Crippen molar-refractivity contribution < 1.29 is 0 Å². The number of nitrogens with zero attached hydrogens (tertiary/aromatic N) is 1. The molecule has 0 N–H and O–H groups in total. The first-order valence-electron chi connectivity index (χ1n) is 16.8. The third-order valence-electron chi connectivity index (χ3n) is 10.2. The van der Waals surface area contributed by atoms with Crippen LogP contribution in [-0.4, -0.2) is 0 Å². The van der Waals surface area contributed by atoms with E-state index < -0.39 is 0 Å². The van der Waals surface area contributed by atoms with E-state index >= 15 is 0 Å². The molecule has 1 heteroatoms. The van der Waals surface area contributed by atoms with Gasteiger partial charge in [0.05, 0.1) is 5.69 Å². The maximum absolute atomic E-state index is 2.43. The molecular weight excluding hydrogens is 579 g/mol. The Morgan fingerprint density at radius 3 is 1.69 bits per heavy atom. The van der Waals surface area contributed by atoms with Crippen LogP contribution in [0.2, 0.25) is 0 Å². The number of anilines is 3. The van der Waals surface area contributed by atoms with E-state index in [1.165, 1.54) is 66.1 Å². The molecule has 0 amide bonds. The summed E-state index contributed by atoms with van der Waals surface area (Å²) in [4.78, 5) is 2.43. The molecule has 8 aromatic carbocycles. The second kappa shape index (κ2) is 11.1. The standard InChI is InChI=1S/C47H35N/c1-47(2)43-19-9-7-17-42(43)46-41(18-11-20-44(46)47)40-16-8-10-21-45(40)48(39-29-26-33-13-4-6-15-36(33)31-39)38-27-24-34(25-28-38)37-23-22-32-12-3-5-14-35(32)30-37/h3-31H,1-2H3. The van der Waals surface area contributed by atoms with Crippen molar-refractivity contribution in [3.8, 4) is 33.4 Å². The summed E-state index contributed by atoms with van der Waals surface area (Å²) in [5.74, 6) is 0. The van der Waals surface area contributed by atoms with E-state index in [2.05, 4.69) is 195 Å². The summed E-state index contributed by atoms with van der Waals surface area (Å²) in [6.45, 7) is 4.71. The SMILES string of the molecule is CC1(C)c2ccccc2-c2c(-c3ccccc3N(c3ccc(-c4ccc5ccccc5c4)cc3)c3ccc4ccccc4c3)cccc21. The summed E-state index contributed by atoms with van der Waals surface area (Å²) in [7, 11) is 0. The minimum atomic E-state index is -0.0620. The Kier molecular flexibility index (Phi) is 6.55. The van der Waals surface area contributed by atoms with E-state index in [0.29, 0.717) is 0 Å². The van der Waals surface area contributed by atoms with Gasteiger partial charge in [0.15, 0.2) is 0 Å². The van der Waals surface area contributed by atoms with Crippen LogP contribution in [0.1, 0.15) is 25.0 Å². The van der Waals surface area contributed by atoms with E-state index in [4.69, 9.17) is 0 Å². The number of fused-ring (bicyclic) bond motifs is 5. The third-order valence-corrected chi connectivity index (χ3v) is 10.2. The number of hydrogen-bond donors (Lipinski definition) is 0. The zero-order valence-corrected chi connectivity index (χ0v) is 27.2. The van der Waals surface area contributed by atoms with Crippen molar-refractivity contribution in [2.45, 2.75) is 19.3 Å². The van der Waals surface area contributed by atoms with E-state index in [-0.39, 0.29) is 5.41 Å². The van der Waals surface area contributed by atoms with Gasteiger partial charge in [-0.15, -0.1) is 0 Å². The quantitative estimate of drug-likeness (QED) is 0.187. The highest BCUT2D eigenvalue weighted by Crippen LogP contribution is 2.53. The highest BCUT2D eigenvalue weighted by Gasteiger charge is 2.37. The minimum absolute atomic E-state index is 0.0620. The summed E-state index contributed by atoms with van der Waals surface area (Å²) < 4.78 is 0. The molecule has 1 aliphatic carbocycles. The summed E-state index contributed by atoms with van der Waals surface area (Å²) in [5.41, 5.74) is 13.7. The van der Waals surface area contributed by atoms with Gasteiger partial charge in [-0.25, -0.2) is 0 Å². The summed E-state index contributed by atoms with van der Waals surface area (Å²) in [6.07, 6.45) is 0. The molecule has 0 unspecified atom stereocenters. The largest absolute Gasteiger partial charge is 0.310 e. The molecule has 0 saturated carbocycles. The van der Waals surface area contributed by atoms with Crippen LogP contribution >= 0.6 is 0 Å². The first-order valence-corrected chi connectivity index (χ1v) is 16.8. The monoisotopic (exact) mass is 613 g/mol. The lowest BCUT2D eigenvalue weighted by Gasteiger charge is -2.29. The molecule has 0 heterocycles. The van der Waals surface area contributed by atoms with E-state index in [9.17, 15) is 0 Å². The lowest BCUT2D eigenvalue weighted by Crippen LogP contribution is -2.14. The zero-order valence-electron chi connectivity index (χ0n) is 27.2. The first-order chi connectivity index (χ1) is 23.6. The van der Waals surface area contributed by atoms with Crippen LogP contribution in [0, 0.1) is 0 Å². The highest BCUT2D eigenvalue weighted by atomic mass is 15.1. The molecule has 9 rings (SSSR count). The lowest BCUT2D eigenvalue weighted by atomic mass is 9.82.